The number of carbonyl (C=O) groups excluding carboxylic acids is 1. The first-order valence-corrected chi connectivity index (χ1v) is 14.9. The van der Waals surface area contributed by atoms with E-state index in [-0.39, 0.29) is 12.8 Å². The molecule has 3 aromatic rings. The summed E-state index contributed by atoms with van der Waals surface area (Å²) in [5, 5.41) is 0.999. The van der Waals surface area contributed by atoms with Crippen LogP contribution >= 0.6 is 11.3 Å². The number of alkyl halides is 3. The zero-order chi connectivity index (χ0) is 30.4. The molecular formula is C32H41F3N2O3S. The van der Waals surface area contributed by atoms with E-state index in [0.29, 0.717) is 12.2 Å². The van der Waals surface area contributed by atoms with E-state index in [1.54, 1.807) is 51.2 Å². The number of fused-ring (bicyclic) bond motifs is 1. The normalized spacial score (nSPS) is 22.6. The molecular weight excluding hydrogens is 549 g/mol. The number of hydrogen-bond acceptors (Lipinski definition) is 6. The van der Waals surface area contributed by atoms with E-state index in [0.717, 1.165) is 33.9 Å². The van der Waals surface area contributed by atoms with Gasteiger partial charge in [-0.05, 0) is 101 Å². The lowest BCUT2D eigenvalue weighted by Crippen LogP contribution is -2.54. The summed E-state index contributed by atoms with van der Waals surface area (Å²) in [6.45, 7) is 9.94. The fourth-order valence-corrected chi connectivity index (χ4v) is 6.69. The Balaban J connectivity index is 1.56. The molecule has 4 rings (SSSR count). The van der Waals surface area contributed by atoms with E-state index in [1.807, 2.05) is 18.2 Å². The van der Waals surface area contributed by atoms with Gasteiger partial charge in [0.25, 0.3) is 0 Å². The molecule has 1 fully saturated rings. The molecule has 1 aromatic heterocycles. The summed E-state index contributed by atoms with van der Waals surface area (Å²) in [6, 6.07) is 15.0. The molecule has 9 heteroatoms. The summed E-state index contributed by atoms with van der Waals surface area (Å²) in [5.74, 6) is -0.412. The van der Waals surface area contributed by atoms with E-state index < -0.39 is 46.8 Å². The van der Waals surface area contributed by atoms with E-state index in [2.05, 4.69) is 25.1 Å². The fourth-order valence-electron chi connectivity index (χ4n) is 5.54. The van der Waals surface area contributed by atoms with Crippen molar-refractivity contribution in [2.24, 2.45) is 22.3 Å². The van der Waals surface area contributed by atoms with E-state index in [1.165, 1.54) is 5.56 Å². The van der Waals surface area contributed by atoms with Crippen molar-refractivity contribution in [3.05, 3.63) is 54.1 Å². The van der Waals surface area contributed by atoms with Gasteiger partial charge < -0.3 is 20.9 Å². The molecule has 0 bridgehead atoms. The predicted octanol–water partition coefficient (Wildman–Crippen LogP) is 7.63. The Kier molecular flexibility index (Phi) is 8.58. The summed E-state index contributed by atoms with van der Waals surface area (Å²) in [7, 11) is 0. The number of aryl methyl sites for hydroxylation is 1. The van der Waals surface area contributed by atoms with Gasteiger partial charge in [0.15, 0.2) is 0 Å². The van der Waals surface area contributed by atoms with Gasteiger partial charge in [-0.25, -0.2) is 0 Å². The third-order valence-corrected chi connectivity index (χ3v) is 9.65. The zero-order valence-corrected chi connectivity index (χ0v) is 25.4. The average Bonchev–Trinajstić information content (AvgIpc) is 3.44. The molecule has 0 saturated heterocycles. The number of benzene rings is 2. The van der Waals surface area contributed by atoms with Crippen LogP contribution in [0.3, 0.4) is 0 Å². The van der Waals surface area contributed by atoms with Crippen molar-refractivity contribution in [2.45, 2.75) is 97.2 Å². The van der Waals surface area contributed by atoms with Crippen LogP contribution < -0.4 is 16.2 Å². The minimum absolute atomic E-state index is 0.0271. The highest BCUT2D eigenvalue weighted by atomic mass is 32.1. The highest BCUT2D eigenvalue weighted by Crippen LogP contribution is 2.53. The van der Waals surface area contributed by atoms with Gasteiger partial charge in [-0.1, -0.05) is 31.2 Å². The summed E-state index contributed by atoms with van der Waals surface area (Å²) >= 11 is 1.58. The van der Waals surface area contributed by atoms with Crippen molar-refractivity contribution < 1.29 is 27.4 Å². The van der Waals surface area contributed by atoms with E-state index in [9.17, 15) is 18.0 Å². The number of thiophene rings is 1. The van der Waals surface area contributed by atoms with Gasteiger partial charge in [-0.15, -0.1) is 11.3 Å². The van der Waals surface area contributed by atoms with Crippen LogP contribution in [0, 0.1) is 10.8 Å². The molecule has 2 aromatic carbocycles. The second kappa shape index (κ2) is 11.2. The maximum absolute atomic E-state index is 14.7. The number of nitrogens with two attached hydrogens (primary N) is 2. The molecule has 1 aliphatic rings. The van der Waals surface area contributed by atoms with Gasteiger partial charge in [-0.2, -0.15) is 13.2 Å². The van der Waals surface area contributed by atoms with Gasteiger partial charge in [-0.3, -0.25) is 4.79 Å². The number of carbonyl (C=O) groups is 1. The lowest BCUT2D eigenvalue weighted by atomic mass is 9.78. The van der Waals surface area contributed by atoms with Gasteiger partial charge >= 0.3 is 12.1 Å². The Morgan fingerprint density at radius 1 is 1.07 bits per heavy atom. The molecule has 1 saturated carbocycles. The summed E-state index contributed by atoms with van der Waals surface area (Å²) in [4.78, 5) is 14.3. The molecule has 0 radical (unpaired) electrons. The third kappa shape index (κ3) is 6.27. The quantitative estimate of drug-likeness (QED) is 0.250. The molecule has 4 N–H and O–H groups in total. The molecule has 41 heavy (non-hydrogen) atoms. The first-order chi connectivity index (χ1) is 19.0. The van der Waals surface area contributed by atoms with Crippen molar-refractivity contribution in [1.82, 2.24) is 0 Å². The maximum atomic E-state index is 14.7. The zero-order valence-electron chi connectivity index (χ0n) is 24.6. The van der Waals surface area contributed by atoms with Crippen LogP contribution in [-0.2, 0) is 16.0 Å². The lowest BCUT2D eigenvalue weighted by molar-refractivity contribution is -0.265. The second-order valence-corrected chi connectivity index (χ2v) is 13.8. The number of halogens is 3. The van der Waals surface area contributed by atoms with Crippen molar-refractivity contribution in [3.8, 4) is 16.2 Å². The van der Waals surface area contributed by atoms with Crippen LogP contribution in [0.1, 0.15) is 66.4 Å². The molecule has 0 spiro atoms. The van der Waals surface area contributed by atoms with Crippen molar-refractivity contribution >= 4 is 27.4 Å². The third-order valence-electron chi connectivity index (χ3n) is 8.52. The number of rotatable bonds is 9. The Morgan fingerprint density at radius 2 is 1.73 bits per heavy atom. The van der Waals surface area contributed by atoms with Gasteiger partial charge in [0.05, 0.1) is 5.41 Å². The highest BCUT2D eigenvalue weighted by molar-refractivity contribution is 7.22. The first kappa shape index (κ1) is 31.3. The van der Waals surface area contributed by atoms with Gasteiger partial charge in [0, 0.05) is 21.2 Å². The van der Waals surface area contributed by atoms with Crippen LogP contribution in [0.5, 0.6) is 5.75 Å². The molecule has 1 aliphatic carbocycles. The summed E-state index contributed by atoms with van der Waals surface area (Å²) in [6.07, 6.45) is -5.98. The van der Waals surface area contributed by atoms with Crippen LogP contribution in [-0.4, -0.2) is 35.9 Å². The highest BCUT2D eigenvalue weighted by Gasteiger charge is 2.66. The van der Waals surface area contributed by atoms with Gasteiger partial charge in [0.2, 0.25) is 0 Å². The molecule has 4 unspecified atom stereocenters. The molecule has 0 amide bonds. The van der Waals surface area contributed by atoms with Crippen molar-refractivity contribution in [3.63, 3.8) is 0 Å². The van der Waals surface area contributed by atoms with Gasteiger partial charge in [0.1, 0.15) is 23.4 Å². The van der Waals surface area contributed by atoms with Crippen LogP contribution in [0.15, 0.2) is 48.5 Å². The lowest BCUT2D eigenvalue weighted by Gasteiger charge is -2.40. The Morgan fingerprint density at radius 3 is 2.37 bits per heavy atom. The first-order valence-electron chi connectivity index (χ1n) is 14.1. The Hall–Kier alpha value is -2.62. The molecule has 5 nitrogen and oxygen atoms in total. The summed E-state index contributed by atoms with van der Waals surface area (Å²) in [5.41, 5.74) is 10.5. The largest absolute Gasteiger partial charge is 0.489 e. The Bertz CT molecular complexity index is 1390. The van der Waals surface area contributed by atoms with Crippen LogP contribution in [0.2, 0.25) is 0 Å². The molecule has 0 aliphatic heterocycles. The monoisotopic (exact) mass is 590 g/mol. The molecule has 4 atom stereocenters. The minimum Gasteiger partial charge on any atom is -0.489 e. The van der Waals surface area contributed by atoms with Crippen molar-refractivity contribution in [1.29, 1.82) is 0 Å². The predicted molar refractivity (Wildman–Crippen MR) is 159 cm³/mol. The van der Waals surface area contributed by atoms with Crippen molar-refractivity contribution in [2.75, 3.05) is 0 Å². The summed E-state index contributed by atoms with van der Waals surface area (Å²) < 4.78 is 56.6. The number of ether oxygens (including phenoxy) is 2. The van der Waals surface area contributed by atoms with Crippen LogP contribution in [0.4, 0.5) is 13.2 Å². The topological polar surface area (TPSA) is 87.6 Å². The minimum atomic E-state index is -4.67. The fraction of sp³-hybridized carbons (Fsp3) is 0.531. The van der Waals surface area contributed by atoms with Crippen LogP contribution in [0.25, 0.3) is 20.5 Å². The smallest absolute Gasteiger partial charge is 0.401 e. The SMILES string of the molecule is CCc1ccccc1-c1cc2ccc(OC3CCC(OC(=O)C(C)(C)C(N)CC(C)(C)N)C3(C)C(F)(F)F)cc2s1. The second-order valence-electron chi connectivity index (χ2n) is 12.7. The molecule has 224 valence electrons. The molecule has 1 heterocycles. The average molecular weight is 591 g/mol. The van der Waals surface area contributed by atoms with E-state index in [4.69, 9.17) is 20.9 Å². The number of esters is 1. The maximum Gasteiger partial charge on any atom is 0.401 e. The standard InChI is InChI=1S/C32H41F3N2O3S/c1-7-19-10-8-9-11-22(19)24-16-20-12-13-21(17-23(20)41-24)39-26-14-15-27(31(26,6)32(33,34)35)40-28(38)30(4,5)25(36)18-29(2,3)37/h8-13,16-17,25-27H,7,14-15,18,36-37H2,1-6H3. The Labute approximate surface area is 244 Å². The number of hydrogen-bond donors (Lipinski definition) is 2. The van der Waals surface area contributed by atoms with E-state index >= 15 is 0 Å².